The molecule has 1 saturated heterocycles. The summed E-state index contributed by atoms with van der Waals surface area (Å²) in [6, 6.07) is -3.14. The van der Waals surface area contributed by atoms with Crippen LogP contribution in [0.15, 0.2) is 12.7 Å². The van der Waals surface area contributed by atoms with Crippen molar-refractivity contribution in [1.82, 2.24) is 20.9 Å². The van der Waals surface area contributed by atoms with Crippen LogP contribution in [0.2, 0.25) is 0 Å². The lowest BCUT2D eigenvalue weighted by molar-refractivity contribution is -0.145. The van der Waals surface area contributed by atoms with Crippen molar-refractivity contribution in [2.45, 2.75) is 109 Å². The zero-order valence-electron chi connectivity index (χ0n) is 25.8. The maximum absolute atomic E-state index is 14.2. The third-order valence-electron chi connectivity index (χ3n) is 9.46. The molecule has 3 N–H and O–H groups in total. The number of rotatable bonds is 11. The number of carbonyl (C=O) groups excluding carboxylic acids is 5. The van der Waals surface area contributed by atoms with Gasteiger partial charge in [0.05, 0.1) is 6.04 Å². The Morgan fingerprint density at radius 2 is 1.67 bits per heavy atom. The number of ketones is 1. The van der Waals surface area contributed by atoms with Crippen LogP contribution >= 0.6 is 0 Å². The minimum atomic E-state index is -2.83. The molecule has 2 unspecified atom stereocenters. The van der Waals surface area contributed by atoms with Crippen LogP contribution in [0.4, 0.5) is 13.6 Å². The smallest absolute Gasteiger partial charge is 0.408 e. The summed E-state index contributed by atoms with van der Waals surface area (Å²) >= 11 is 0. The van der Waals surface area contributed by atoms with E-state index in [1.165, 1.54) is 11.0 Å². The van der Waals surface area contributed by atoms with Crippen molar-refractivity contribution in [2.75, 3.05) is 13.1 Å². The Morgan fingerprint density at radius 1 is 1.05 bits per heavy atom. The first-order chi connectivity index (χ1) is 19.9. The van der Waals surface area contributed by atoms with E-state index in [-0.39, 0.29) is 49.1 Å². The van der Waals surface area contributed by atoms with Gasteiger partial charge in [0.2, 0.25) is 23.5 Å². The molecule has 0 radical (unpaired) electrons. The number of hydrogen-bond donors (Lipinski definition) is 3. The lowest BCUT2D eigenvalue weighted by atomic mass is 9.81. The van der Waals surface area contributed by atoms with Gasteiger partial charge in [0.25, 0.3) is 5.91 Å². The molecule has 1 aliphatic heterocycles. The molecule has 240 valence electrons. The van der Waals surface area contributed by atoms with Crippen molar-refractivity contribution in [2.24, 2.45) is 29.1 Å². The van der Waals surface area contributed by atoms with E-state index in [2.05, 4.69) is 22.5 Å². The number of ether oxygens (including phenoxy) is 1. The lowest BCUT2D eigenvalue weighted by Gasteiger charge is -2.38. The summed E-state index contributed by atoms with van der Waals surface area (Å²) in [6.07, 6.45) is 1.98. The zero-order chi connectivity index (χ0) is 31.9. The second-order valence-corrected chi connectivity index (χ2v) is 14.3. The summed E-state index contributed by atoms with van der Waals surface area (Å²) in [7, 11) is 0. The maximum atomic E-state index is 14.2. The van der Waals surface area contributed by atoms with E-state index in [1.54, 1.807) is 20.8 Å². The van der Waals surface area contributed by atoms with Gasteiger partial charge in [-0.05, 0) is 69.1 Å². The van der Waals surface area contributed by atoms with Gasteiger partial charge < -0.3 is 25.6 Å². The van der Waals surface area contributed by atoms with Gasteiger partial charge in [-0.15, -0.1) is 6.58 Å². The van der Waals surface area contributed by atoms with Crippen molar-refractivity contribution in [3.8, 4) is 0 Å². The molecule has 10 nitrogen and oxygen atoms in total. The van der Waals surface area contributed by atoms with Gasteiger partial charge in [0, 0.05) is 25.9 Å². The summed E-state index contributed by atoms with van der Waals surface area (Å²) < 4.78 is 33.4. The first-order valence-corrected chi connectivity index (χ1v) is 15.4. The molecule has 0 spiro atoms. The normalized spacial score (nSPS) is 27.2. The van der Waals surface area contributed by atoms with Crippen molar-refractivity contribution in [1.29, 1.82) is 0 Å². The summed E-state index contributed by atoms with van der Waals surface area (Å²) in [5, 5.41) is 7.90. The van der Waals surface area contributed by atoms with Crippen LogP contribution in [0.1, 0.15) is 79.6 Å². The van der Waals surface area contributed by atoms with Gasteiger partial charge in [-0.25, -0.2) is 13.6 Å². The number of fused-ring (bicyclic) bond motifs is 1. The maximum Gasteiger partial charge on any atom is 0.408 e. The first kappa shape index (κ1) is 32.9. The van der Waals surface area contributed by atoms with Crippen LogP contribution in [0, 0.1) is 29.1 Å². The number of hydrogen-bond acceptors (Lipinski definition) is 6. The van der Waals surface area contributed by atoms with Crippen LogP contribution < -0.4 is 16.0 Å². The monoisotopic (exact) mass is 608 g/mol. The fraction of sp³-hybridized carbons (Fsp3) is 0.774. The minimum absolute atomic E-state index is 0.0125. The van der Waals surface area contributed by atoms with E-state index in [9.17, 15) is 32.8 Å². The molecule has 0 bridgehead atoms. The molecule has 4 fully saturated rings. The molecule has 43 heavy (non-hydrogen) atoms. The number of halogens is 2. The van der Waals surface area contributed by atoms with Crippen LogP contribution in [0.25, 0.3) is 0 Å². The number of piperidine rings is 1. The number of carbonyl (C=O) groups is 5. The number of nitrogens with one attached hydrogen (secondary N) is 3. The van der Waals surface area contributed by atoms with Gasteiger partial charge in [-0.1, -0.05) is 32.8 Å². The average Bonchev–Trinajstić information content (AvgIpc) is 3.76. The lowest BCUT2D eigenvalue weighted by Crippen LogP contribution is -2.60. The zero-order valence-corrected chi connectivity index (χ0v) is 25.8. The van der Waals surface area contributed by atoms with Crippen molar-refractivity contribution in [3.05, 3.63) is 12.7 Å². The Bertz CT molecular complexity index is 1140. The second-order valence-electron chi connectivity index (χ2n) is 14.3. The van der Waals surface area contributed by atoms with Gasteiger partial charge >= 0.3 is 6.09 Å². The number of alkyl carbamates (subject to hydrolysis) is 1. The third-order valence-corrected chi connectivity index (χ3v) is 9.46. The van der Waals surface area contributed by atoms with Crippen LogP contribution in [-0.2, 0) is 23.9 Å². The van der Waals surface area contributed by atoms with Gasteiger partial charge in [0.15, 0.2) is 0 Å². The average molecular weight is 609 g/mol. The molecule has 5 atom stereocenters. The fourth-order valence-electron chi connectivity index (χ4n) is 6.79. The van der Waals surface area contributed by atoms with Crippen LogP contribution in [0.5, 0.6) is 0 Å². The van der Waals surface area contributed by atoms with Gasteiger partial charge in [0.1, 0.15) is 17.7 Å². The highest BCUT2D eigenvalue weighted by Crippen LogP contribution is 2.65. The number of alkyl halides is 2. The highest BCUT2D eigenvalue weighted by atomic mass is 19.3. The molecule has 0 aromatic rings. The minimum Gasteiger partial charge on any atom is -0.444 e. The quantitative estimate of drug-likeness (QED) is 0.243. The molecule has 3 aliphatic carbocycles. The summed E-state index contributed by atoms with van der Waals surface area (Å²) in [5.74, 6) is -5.99. The Balaban J connectivity index is 1.56. The molecular weight excluding hydrogens is 562 g/mol. The molecule has 3 saturated carbocycles. The summed E-state index contributed by atoms with van der Waals surface area (Å²) in [6.45, 7) is 13.0. The van der Waals surface area contributed by atoms with E-state index in [4.69, 9.17) is 4.74 Å². The molecule has 4 aliphatic rings. The Kier molecular flexibility index (Phi) is 9.28. The third kappa shape index (κ3) is 7.73. The largest absolute Gasteiger partial charge is 0.444 e. The topological polar surface area (TPSA) is 134 Å². The van der Waals surface area contributed by atoms with Crippen molar-refractivity contribution >= 4 is 29.6 Å². The number of Topliss-reactive ketones (excluding diaryl/α,β-unsaturated/α-hetero) is 1. The molecule has 0 aromatic carbocycles. The van der Waals surface area contributed by atoms with E-state index in [0.29, 0.717) is 6.42 Å². The van der Waals surface area contributed by atoms with Crippen molar-refractivity contribution < 1.29 is 37.5 Å². The summed E-state index contributed by atoms with van der Waals surface area (Å²) in [4.78, 5) is 67.8. The van der Waals surface area contributed by atoms with E-state index >= 15 is 0 Å². The standard InChI is InChI=1S/C31H46F2N4O6/c1-7-14-34-26(40)24(38)20(15-17-8-9-17)35-25(39)23-21-19(30(21,5)6)16-37(23)27(41)22(36-28(42)43-29(2,3)4)18-10-12-31(32,33)13-11-18/h7,17-23H,1,8-16H2,2-6H3,(H,34,40)(H,35,39)(H,36,42)/t19-,20?,21-,22?,23-/m0/s1. The second kappa shape index (κ2) is 12.1. The number of nitrogens with zero attached hydrogens (tertiary/aromatic N) is 1. The predicted molar refractivity (Wildman–Crippen MR) is 154 cm³/mol. The predicted octanol–water partition coefficient (Wildman–Crippen LogP) is 3.34. The Labute approximate surface area is 252 Å². The fourth-order valence-corrected chi connectivity index (χ4v) is 6.79. The van der Waals surface area contributed by atoms with Crippen LogP contribution in [-0.4, -0.2) is 77.2 Å². The van der Waals surface area contributed by atoms with Gasteiger partial charge in [-0.2, -0.15) is 0 Å². The number of amides is 4. The van der Waals surface area contributed by atoms with Crippen molar-refractivity contribution in [3.63, 3.8) is 0 Å². The Hall–Kier alpha value is -3.05. The highest BCUT2D eigenvalue weighted by Gasteiger charge is 2.70. The van der Waals surface area contributed by atoms with Gasteiger partial charge in [-0.3, -0.25) is 19.2 Å². The highest BCUT2D eigenvalue weighted by molar-refractivity contribution is 6.38. The van der Waals surface area contributed by atoms with E-state index in [1.807, 2.05) is 13.8 Å². The first-order valence-electron chi connectivity index (χ1n) is 15.4. The van der Waals surface area contributed by atoms with E-state index < -0.39 is 78.0 Å². The molecule has 0 aromatic heterocycles. The SMILES string of the molecule is C=CCNC(=O)C(=O)C(CC1CC1)NC(=O)[C@@H]1[C@@H]2[C@H](CN1C(=O)C(NC(=O)OC(C)(C)C)C1CCC(F)(F)CC1)C2(C)C. The molecule has 4 amide bonds. The molecule has 4 rings (SSSR count). The Morgan fingerprint density at radius 3 is 2.23 bits per heavy atom. The molecule has 12 heteroatoms. The van der Waals surface area contributed by atoms with E-state index in [0.717, 1.165) is 12.8 Å². The number of likely N-dealkylation sites (tertiary alicyclic amines) is 1. The molecule has 1 heterocycles. The van der Waals surface area contributed by atoms with Crippen LogP contribution in [0.3, 0.4) is 0 Å². The molecular formula is C31H46F2N4O6. The summed E-state index contributed by atoms with van der Waals surface area (Å²) in [5.41, 5.74) is -1.09.